The maximum atomic E-state index is 11.0. The molecular weight excluding hydrogens is 228 g/mol. The van der Waals surface area contributed by atoms with Crippen LogP contribution in [0.2, 0.25) is 0 Å². The van der Waals surface area contributed by atoms with Crippen molar-refractivity contribution >= 4 is 15.7 Å². The first kappa shape index (κ1) is 12.9. The van der Waals surface area contributed by atoms with Gasteiger partial charge in [-0.2, -0.15) is 0 Å². The first-order valence-electron chi connectivity index (χ1n) is 4.87. The predicted octanol–water partition coefficient (Wildman–Crippen LogP) is 0.0547. The Morgan fingerprint density at radius 3 is 2.56 bits per heavy atom. The Morgan fingerprint density at radius 1 is 1.44 bits per heavy atom. The van der Waals surface area contributed by atoms with Gasteiger partial charge in [-0.15, -0.1) is 0 Å². The van der Waals surface area contributed by atoms with E-state index in [2.05, 4.69) is 4.98 Å². The summed E-state index contributed by atoms with van der Waals surface area (Å²) < 4.78 is 22.0. The standard InChI is InChI=1S/C10H16N2O3S/c1-12(5-6-16(2,14)15)10-4-3-9(8-13)7-11-10/h3-4,7,13H,5-6,8H2,1-2H3. The first-order valence-corrected chi connectivity index (χ1v) is 6.93. The van der Waals surface area contributed by atoms with E-state index >= 15 is 0 Å². The summed E-state index contributed by atoms with van der Waals surface area (Å²) in [4.78, 5) is 5.89. The van der Waals surface area contributed by atoms with Crippen molar-refractivity contribution in [3.8, 4) is 0 Å². The van der Waals surface area contributed by atoms with Crippen LogP contribution >= 0.6 is 0 Å². The minimum absolute atomic E-state index is 0.0413. The fourth-order valence-corrected chi connectivity index (χ4v) is 1.76. The zero-order chi connectivity index (χ0) is 12.2. The van der Waals surface area contributed by atoms with E-state index in [1.807, 2.05) is 0 Å². The molecule has 0 bridgehead atoms. The van der Waals surface area contributed by atoms with E-state index in [0.717, 1.165) is 5.56 Å². The third-order valence-corrected chi connectivity index (χ3v) is 3.10. The van der Waals surface area contributed by atoms with Crippen molar-refractivity contribution in [2.24, 2.45) is 0 Å². The molecule has 0 radical (unpaired) electrons. The molecule has 0 saturated carbocycles. The minimum Gasteiger partial charge on any atom is -0.392 e. The molecule has 0 aliphatic carbocycles. The van der Waals surface area contributed by atoms with Gasteiger partial charge in [-0.1, -0.05) is 6.07 Å². The summed E-state index contributed by atoms with van der Waals surface area (Å²) in [5.41, 5.74) is 0.736. The lowest BCUT2D eigenvalue weighted by Crippen LogP contribution is -2.25. The Balaban J connectivity index is 2.62. The van der Waals surface area contributed by atoms with Crippen molar-refractivity contribution in [3.05, 3.63) is 23.9 Å². The predicted molar refractivity (Wildman–Crippen MR) is 63.1 cm³/mol. The summed E-state index contributed by atoms with van der Waals surface area (Å²) in [7, 11) is -1.17. The molecule has 1 aromatic heterocycles. The van der Waals surface area contributed by atoms with Crippen molar-refractivity contribution < 1.29 is 13.5 Å². The van der Waals surface area contributed by atoms with Crippen LogP contribution in [0.5, 0.6) is 0 Å². The molecule has 5 nitrogen and oxygen atoms in total. The van der Waals surface area contributed by atoms with Crippen molar-refractivity contribution in [1.29, 1.82) is 0 Å². The Hall–Kier alpha value is -1.14. The maximum Gasteiger partial charge on any atom is 0.149 e. The number of pyridine rings is 1. The molecule has 0 fully saturated rings. The summed E-state index contributed by atoms with van der Waals surface area (Å²) in [6, 6.07) is 3.52. The van der Waals surface area contributed by atoms with Gasteiger partial charge in [0.15, 0.2) is 0 Å². The van der Waals surface area contributed by atoms with E-state index in [1.54, 1.807) is 30.3 Å². The fraction of sp³-hybridized carbons (Fsp3) is 0.500. The van der Waals surface area contributed by atoms with Crippen LogP contribution in [0.25, 0.3) is 0 Å². The second kappa shape index (κ2) is 5.27. The highest BCUT2D eigenvalue weighted by Gasteiger charge is 2.07. The Bertz CT molecular complexity index is 428. The second-order valence-corrected chi connectivity index (χ2v) is 5.99. The van der Waals surface area contributed by atoms with Crippen LogP contribution in [0.15, 0.2) is 18.3 Å². The van der Waals surface area contributed by atoms with Gasteiger partial charge >= 0.3 is 0 Å². The number of aliphatic hydroxyl groups is 1. The average molecular weight is 244 g/mol. The molecule has 16 heavy (non-hydrogen) atoms. The van der Waals surface area contributed by atoms with Crippen molar-refractivity contribution in [2.75, 3.05) is 30.5 Å². The minimum atomic E-state index is -2.95. The summed E-state index contributed by atoms with van der Waals surface area (Å²) in [5.74, 6) is 0.799. The molecule has 0 unspecified atom stereocenters. The van der Waals surface area contributed by atoms with Gasteiger partial charge in [-0.25, -0.2) is 13.4 Å². The van der Waals surface area contributed by atoms with Gasteiger partial charge in [0.1, 0.15) is 15.7 Å². The molecule has 0 aromatic carbocycles. The fourth-order valence-electron chi connectivity index (χ4n) is 1.15. The molecule has 0 spiro atoms. The number of anilines is 1. The molecule has 0 saturated heterocycles. The molecule has 1 N–H and O–H groups in total. The van der Waals surface area contributed by atoms with Gasteiger partial charge in [-0.05, 0) is 11.6 Å². The quantitative estimate of drug-likeness (QED) is 0.792. The number of sulfone groups is 1. The summed E-state index contributed by atoms with van der Waals surface area (Å²) in [6.45, 7) is 0.366. The third-order valence-electron chi connectivity index (χ3n) is 2.18. The molecule has 1 heterocycles. The molecule has 0 aliphatic rings. The van der Waals surface area contributed by atoms with E-state index < -0.39 is 9.84 Å². The van der Waals surface area contributed by atoms with Gasteiger partial charge in [0.25, 0.3) is 0 Å². The lowest BCUT2D eigenvalue weighted by Gasteiger charge is -2.17. The average Bonchev–Trinajstić information content (AvgIpc) is 2.25. The number of nitrogens with zero attached hydrogens (tertiary/aromatic N) is 2. The van der Waals surface area contributed by atoms with Crippen LogP contribution in [-0.4, -0.2) is 44.1 Å². The SMILES string of the molecule is CN(CCS(C)(=O)=O)c1ccc(CO)cn1. The number of hydrogen-bond acceptors (Lipinski definition) is 5. The third kappa shape index (κ3) is 4.16. The van der Waals surface area contributed by atoms with Crippen LogP contribution in [0, 0.1) is 0 Å². The molecular formula is C10H16N2O3S. The molecule has 0 aliphatic heterocycles. The number of rotatable bonds is 5. The topological polar surface area (TPSA) is 70.5 Å². The van der Waals surface area contributed by atoms with Crippen LogP contribution in [0.4, 0.5) is 5.82 Å². The van der Waals surface area contributed by atoms with Gasteiger partial charge in [0.2, 0.25) is 0 Å². The van der Waals surface area contributed by atoms with Gasteiger partial charge < -0.3 is 10.0 Å². The second-order valence-electron chi connectivity index (χ2n) is 3.73. The van der Waals surface area contributed by atoms with E-state index in [9.17, 15) is 8.42 Å². The summed E-state index contributed by atoms with van der Waals surface area (Å²) in [5, 5.41) is 8.84. The molecule has 1 aromatic rings. The number of aromatic nitrogens is 1. The lowest BCUT2D eigenvalue weighted by molar-refractivity contribution is 0.281. The Labute approximate surface area is 95.7 Å². The molecule has 0 atom stereocenters. The zero-order valence-corrected chi connectivity index (χ0v) is 10.2. The van der Waals surface area contributed by atoms with E-state index in [1.165, 1.54) is 6.26 Å². The normalized spacial score (nSPS) is 11.4. The van der Waals surface area contributed by atoms with Gasteiger partial charge in [-0.3, -0.25) is 0 Å². The highest BCUT2D eigenvalue weighted by molar-refractivity contribution is 7.90. The first-order chi connectivity index (χ1) is 7.42. The highest BCUT2D eigenvalue weighted by atomic mass is 32.2. The molecule has 1 rings (SSSR count). The van der Waals surface area contributed by atoms with Crippen molar-refractivity contribution in [2.45, 2.75) is 6.61 Å². The summed E-state index contributed by atoms with van der Waals surface area (Å²) in [6.07, 6.45) is 2.79. The van der Waals surface area contributed by atoms with E-state index in [0.29, 0.717) is 12.4 Å². The smallest absolute Gasteiger partial charge is 0.149 e. The van der Waals surface area contributed by atoms with Crippen molar-refractivity contribution in [1.82, 2.24) is 4.98 Å². The lowest BCUT2D eigenvalue weighted by atomic mass is 10.3. The molecule has 0 amide bonds. The Kier molecular flexibility index (Phi) is 4.26. The van der Waals surface area contributed by atoms with Crippen LogP contribution in [-0.2, 0) is 16.4 Å². The van der Waals surface area contributed by atoms with Crippen LogP contribution in [0.1, 0.15) is 5.56 Å². The zero-order valence-electron chi connectivity index (χ0n) is 9.42. The summed E-state index contributed by atoms with van der Waals surface area (Å²) >= 11 is 0. The van der Waals surface area contributed by atoms with Gasteiger partial charge in [0, 0.05) is 26.0 Å². The number of aliphatic hydroxyl groups excluding tert-OH is 1. The van der Waals surface area contributed by atoms with Crippen molar-refractivity contribution in [3.63, 3.8) is 0 Å². The highest BCUT2D eigenvalue weighted by Crippen LogP contribution is 2.09. The monoisotopic (exact) mass is 244 g/mol. The maximum absolute atomic E-state index is 11.0. The number of hydrogen-bond donors (Lipinski definition) is 1. The van der Waals surface area contributed by atoms with E-state index in [-0.39, 0.29) is 12.4 Å². The molecule has 90 valence electrons. The van der Waals surface area contributed by atoms with Gasteiger partial charge in [0.05, 0.1) is 12.4 Å². The van der Waals surface area contributed by atoms with E-state index in [4.69, 9.17) is 5.11 Å². The van der Waals surface area contributed by atoms with Crippen LogP contribution in [0.3, 0.4) is 0 Å². The molecule has 6 heteroatoms. The van der Waals surface area contributed by atoms with Crippen LogP contribution < -0.4 is 4.90 Å². The Morgan fingerprint density at radius 2 is 2.12 bits per heavy atom. The largest absolute Gasteiger partial charge is 0.392 e.